The summed E-state index contributed by atoms with van der Waals surface area (Å²) in [4.78, 5) is 11.9. The van der Waals surface area contributed by atoms with Crippen molar-refractivity contribution in [3.63, 3.8) is 0 Å². The quantitative estimate of drug-likeness (QED) is 0.793. The molecule has 2 rings (SSSR count). The minimum Gasteiger partial charge on any atom is -0.507 e. The lowest BCUT2D eigenvalue weighted by atomic mass is 9.98. The summed E-state index contributed by atoms with van der Waals surface area (Å²) < 4.78 is 0. The number of aromatic hydroxyl groups is 1. The molecule has 16 heavy (non-hydrogen) atoms. The van der Waals surface area contributed by atoms with Crippen LogP contribution in [0.2, 0.25) is 0 Å². The van der Waals surface area contributed by atoms with E-state index in [2.05, 4.69) is 0 Å². The van der Waals surface area contributed by atoms with Crippen LogP contribution in [0, 0.1) is 0 Å². The molecule has 0 fully saturated rings. The van der Waals surface area contributed by atoms with Crippen LogP contribution in [0.25, 0.3) is 10.8 Å². The number of rotatable bonds is 3. The van der Waals surface area contributed by atoms with Crippen LogP contribution < -0.4 is 0 Å². The Morgan fingerprint density at radius 1 is 1.19 bits per heavy atom. The van der Waals surface area contributed by atoms with Gasteiger partial charge < -0.3 is 5.11 Å². The molecule has 0 amide bonds. The third-order valence-corrected chi connectivity index (χ3v) is 2.66. The number of fused-ring (bicyclic) bond motifs is 1. The molecule has 0 aliphatic rings. The van der Waals surface area contributed by atoms with Gasteiger partial charge in [-0.25, -0.2) is 0 Å². The highest BCUT2D eigenvalue weighted by molar-refractivity contribution is 6.10. The van der Waals surface area contributed by atoms with Gasteiger partial charge in [0.25, 0.3) is 0 Å². The number of benzene rings is 2. The number of hydrogen-bond acceptors (Lipinski definition) is 2. The number of carbonyl (C=O) groups excluding carboxylic acids is 1. The minimum absolute atomic E-state index is 0.0109. The highest BCUT2D eigenvalue weighted by Crippen LogP contribution is 2.28. The Hall–Kier alpha value is -1.83. The molecule has 0 unspecified atom stereocenters. The van der Waals surface area contributed by atoms with Crippen LogP contribution in [0.15, 0.2) is 36.4 Å². The largest absolute Gasteiger partial charge is 0.507 e. The first-order valence-electron chi connectivity index (χ1n) is 5.48. The molecule has 1 N–H and O–H groups in total. The number of hydrogen-bond donors (Lipinski definition) is 1. The Bertz CT molecular complexity index is 529. The molecule has 82 valence electrons. The fraction of sp³-hybridized carbons (Fsp3) is 0.214. The smallest absolute Gasteiger partial charge is 0.167 e. The lowest BCUT2D eigenvalue weighted by molar-refractivity contribution is 0.0981. The van der Waals surface area contributed by atoms with Gasteiger partial charge >= 0.3 is 0 Å². The molecular weight excluding hydrogens is 200 g/mol. The van der Waals surface area contributed by atoms with Crippen LogP contribution in [0.3, 0.4) is 0 Å². The van der Waals surface area contributed by atoms with Gasteiger partial charge in [0.05, 0.1) is 5.56 Å². The second-order valence-electron chi connectivity index (χ2n) is 3.85. The van der Waals surface area contributed by atoms with E-state index in [1.165, 1.54) is 0 Å². The first-order valence-corrected chi connectivity index (χ1v) is 5.48. The monoisotopic (exact) mass is 214 g/mol. The van der Waals surface area contributed by atoms with Crippen LogP contribution in [-0.4, -0.2) is 10.9 Å². The SMILES string of the molecule is CCCC(=O)c1c(O)ccc2ccccc12. The van der Waals surface area contributed by atoms with Crippen LogP contribution in [-0.2, 0) is 0 Å². The molecule has 0 aliphatic heterocycles. The van der Waals surface area contributed by atoms with Crippen molar-refractivity contribution >= 4 is 16.6 Å². The summed E-state index contributed by atoms with van der Waals surface area (Å²) in [5.74, 6) is 0.0916. The minimum atomic E-state index is 0.0109. The zero-order valence-electron chi connectivity index (χ0n) is 9.23. The summed E-state index contributed by atoms with van der Waals surface area (Å²) in [6.45, 7) is 1.96. The standard InChI is InChI=1S/C14H14O2/c1-2-5-12(15)14-11-7-4-3-6-10(11)8-9-13(14)16/h3-4,6-9,16H,2,5H2,1H3. The van der Waals surface area contributed by atoms with Crippen molar-refractivity contribution in [3.8, 4) is 5.75 Å². The molecule has 0 aliphatic carbocycles. The Labute approximate surface area is 94.5 Å². The van der Waals surface area contributed by atoms with E-state index >= 15 is 0 Å². The number of Topliss-reactive ketones (excluding diaryl/α,β-unsaturated/α-hetero) is 1. The summed E-state index contributed by atoms with van der Waals surface area (Å²) >= 11 is 0. The first kappa shape index (κ1) is 10.7. The normalized spacial score (nSPS) is 10.6. The zero-order valence-corrected chi connectivity index (χ0v) is 9.23. The van der Waals surface area contributed by atoms with Gasteiger partial charge in [-0.1, -0.05) is 37.3 Å². The van der Waals surface area contributed by atoms with E-state index in [1.54, 1.807) is 6.07 Å². The van der Waals surface area contributed by atoms with Gasteiger partial charge in [-0.2, -0.15) is 0 Å². The molecule has 2 heteroatoms. The van der Waals surface area contributed by atoms with Gasteiger partial charge in [0.2, 0.25) is 0 Å². The van der Waals surface area contributed by atoms with E-state index in [0.717, 1.165) is 17.2 Å². The molecule has 2 aromatic carbocycles. The summed E-state index contributed by atoms with van der Waals surface area (Å²) in [6.07, 6.45) is 1.27. The molecule has 0 heterocycles. The fourth-order valence-electron chi connectivity index (χ4n) is 1.91. The number of ketones is 1. The topological polar surface area (TPSA) is 37.3 Å². The number of phenolic OH excluding ortho intramolecular Hbond substituents is 1. The van der Waals surface area contributed by atoms with Gasteiger partial charge in [-0.3, -0.25) is 4.79 Å². The summed E-state index contributed by atoms with van der Waals surface area (Å²) in [5, 5.41) is 11.6. The molecule has 0 saturated heterocycles. The van der Waals surface area contributed by atoms with Gasteiger partial charge in [0, 0.05) is 6.42 Å². The van der Waals surface area contributed by atoms with E-state index in [-0.39, 0.29) is 11.5 Å². The van der Waals surface area contributed by atoms with Crippen molar-refractivity contribution in [2.45, 2.75) is 19.8 Å². The van der Waals surface area contributed by atoms with Crippen molar-refractivity contribution in [3.05, 3.63) is 42.0 Å². The van der Waals surface area contributed by atoms with Gasteiger partial charge in [0.1, 0.15) is 5.75 Å². The highest BCUT2D eigenvalue weighted by atomic mass is 16.3. The first-order chi connectivity index (χ1) is 7.74. The molecule has 0 radical (unpaired) electrons. The van der Waals surface area contributed by atoms with Crippen LogP contribution >= 0.6 is 0 Å². The Kier molecular flexibility index (Phi) is 2.91. The molecule has 0 spiro atoms. The average molecular weight is 214 g/mol. The fourth-order valence-corrected chi connectivity index (χ4v) is 1.91. The van der Waals surface area contributed by atoms with Gasteiger partial charge in [0.15, 0.2) is 5.78 Å². The lowest BCUT2D eigenvalue weighted by Crippen LogP contribution is -1.99. The van der Waals surface area contributed by atoms with Crippen LogP contribution in [0.5, 0.6) is 5.75 Å². The maximum absolute atomic E-state index is 11.9. The summed E-state index contributed by atoms with van der Waals surface area (Å²) in [5.41, 5.74) is 0.458. The highest BCUT2D eigenvalue weighted by Gasteiger charge is 2.13. The van der Waals surface area contributed by atoms with Crippen LogP contribution in [0.4, 0.5) is 0 Å². The molecule has 2 nitrogen and oxygen atoms in total. The summed E-state index contributed by atoms with van der Waals surface area (Å²) in [6, 6.07) is 11.0. The molecule has 0 bridgehead atoms. The van der Waals surface area contributed by atoms with Crippen molar-refractivity contribution in [1.82, 2.24) is 0 Å². The van der Waals surface area contributed by atoms with Crippen molar-refractivity contribution in [2.24, 2.45) is 0 Å². The van der Waals surface area contributed by atoms with E-state index in [9.17, 15) is 9.90 Å². The second-order valence-corrected chi connectivity index (χ2v) is 3.85. The Morgan fingerprint density at radius 2 is 1.94 bits per heavy atom. The zero-order chi connectivity index (χ0) is 11.5. The molecule has 2 aromatic rings. The van der Waals surface area contributed by atoms with Gasteiger partial charge in [-0.15, -0.1) is 0 Å². The Morgan fingerprint density at radius 3 is 2.69 bits per heavy atom. The van der Waals surface area contributed by atoms with Gasteiger partial charge in [-0.05, 0) is 23.3 Å². The molecular formula is C14H14O2. The maximum atomic E-state index is 11.9. The third-order valence-electron chi connectivity index (χ3n) is 2.66. The predicted molar refractivity (Wildman–Crippen MR) is 64.9 cm³/mol. The summed E-state index contributed by atoms with van der Waals surface area (Å²) in [7, 11) is 0. The van der Waals surface area contributed by atoms with Crippen molar-refractivity contribution < 1.29 is 9.90 Å². The number of phenols is 1. The molecule has 0 saturated carbocycles. The average Bonchev–Trinajstić information content (AvgIpc) is 2.29. The number of carbonyl (C=O) groups is 1. The van der Waals surface area contributed by atoms with E-state index < -0.39 is 0 Å². The van der Waals surface area contributed by atoms with E-state index in [1.807, 2.05) is 37.3 Å². The molecule has 0 atom stereocenters. The van der Waals surface area contributed by atoms with Crippen molar-refractivity contribution in [2.75, 3.05) is 0 Å². The molecule has 0 aromatic heterocycles. The maximum Gasteiger partial charge on any atom is 0.167 e. The lowest BCUT2D eigenvalue weighted by Gasteiger charge is -2.07. The second kappa shape index (κ2) is 4.35. The van der Waals surface area contributed by atoms with E-state index in [0.29, 0.717) is 12.0 Å². The van der Waals surface area contributed by atoms with Crippen molar-refractivity contribution in [1.29, 1.82) is 0 Å². The third kappa shape index (κ3) is 1.78. The predicted octanol–water partition coefficient (Wildman–Crippen LogP) is 3.53. The van der Waals surface area contributed by atoms with Crippen LogP contribution in [0.1, 0.15) is 30.1 Å². The Balaban J connectivity index is 2.66. The van der Waals surface area contributed by atoms with E-state index in [4.69, 9.17) is 0 Å².